The van der Waals surface area contributed by atoms with Crippen molar-refractivity contribution in [2.75, 3.05) is 28.4 Å². The van der Waals surface area contributed by atoms with Gasteiger partial charge in [-0.2, -0.15) is 0 Å². The first kappa shape index (κ1) is 26.3. The molecular weight excluding hydrogens is 422 g/mol. The van der Waals surface area contributed by atoms with Crippen molar-refractivity contribution in [2.24, 2.45) is 5.73 Å². The van der Waals surface area contributed by atoms with Gasteiger partial charge in [0.15, 0.2) is 0 Å². The number of amides is 1. The molecule has 0 fully saturated rings. The van der Waals surface area contributed by atoms with Crippen LogP contribution in [0.1, 0.15) is 52.6 Å². The first-order valence-electron chi connectivity index (χ1n) is 9.12. The van der Waals surface area contributed by atoms with Gasteiger partial charge in [-0.3, -0.25) is 4.79 Å². The molecule has 0 saturated carbocycles. The summed E-state index contributed by atoms with van der Waals surface area (Å²) in [6.07, 6.45) is 0. The summed E-state index contributed by atoms with van der Waals surface area (Å²) in [4.78, 5) is 44.5. The maximum Gasteiger partial charge on any atom is 0.337 e. The maximum atomic E-state index is 11.3. The maximum absolute atomic E-state index is 11.3. The number of rotatable bonds is 8. The van der Waals surface area contributed by atoms with Crippen LogP contribution >= 0.6 is 0 Å². The van der Waals surface area contributed by atoms with Crippen molar-refractivity contribution in [3.63, 3.8) is 0 Å². The zero-order valence-electron chi connectivity index (χ0n) is 18.2. The lowest BCUT2D eigenvalue weighted by molar-refractivity contribution is 0.0591. The van der Waals surface area contributed by atoms with Crippen LogP contribution in [0.2, 0.25) is 0 Å². The third-order valence-corrected chi connectivity index (χ3v) is 3.98. The van der Waals surface area contributed by atoms with Gasteiger partial charge in [0.2, 0.25) is 5.91 Å². The van der Waals surface area contributed by atoms with Gasteiger partial charge < -0.3 is 29.8 Å². The van der Waals surface area contributed by atoms with Crippen LogP contribution in [-0.2, 0) is 32.2 Å². The first-order chi connectivity index (χ1) is 15.2. The Morgan fingerprint density at radius 3 is 1.41 bits per heavy atom. The summed E-state index contributed by atoms with van der Waals surface area (Å²) in [5, 5.41) is 8.86. The van der Waals surface area contributed by atoms with Crippen molar-refractivity contribution in [3.05, 3.63) is 69.8 Å². The molecule has 3 N–H and O–H groups in total. The van der Waals surface area contributed by atoms with Gasteiger partial charge >= 0.3 is 17.9 Å². The number of esters is 2. The molecule has 0 radical (unpaired) electrons. The number of ether oxygens (including phenoxy) is 4. The summed E-state index contributed by atoms with van der Waals surface area (Å²) in [6.45, 7) is 0.538. The van der Waals surface area contributed by atoms with E-state index in [0.717, 1.165) is 0 Å². The summed E-state index contributed by atoms with van der Waals surface area (Å²) in [5.41, 5.74) is 7.25. The third kappa shape index (κ3) is 7.82. The minimum Gasteiger partial charge on any atom is -0.478 e. The predicted octanol–water partition coefficient (Wildman–Crippen LogP) is 2.04. The van der Waals surface area contributed by atoms with E-state index < -0.39 is 23.8 Å². The van der Waals surface area contributed by atoms with Crippen molar-refractivity contribution in [2.45, 2.75) is 13.2 Å². The molecule has 2 aromatic carbocycles. The third-order valence-electron chi connectivity index (χ3n) is 3.98. The standard InChI is InChI=1S/C11H13NO4.C11H12O5/c2*1-15-6-7-3-8(10(12)13)5-9(4-7)11(14)16-2/h3-5H,6H2,1-2H3,(H2,12,13);3-5H,6H2,1-2H3,(H,12,13). The SMILES string of the molecule is COCc1cc(C(=O)O)cc(C(=O)OC)c1.COCc1cc(C(N)=O)cc(C(=O)OC)c1. The minimum absolute atomic E-state index is 0.0370. The van der Waals surface area contributed by atoms with Gasteiger partial charge in [-0.25, -0.2) is 14.4 Å². The number of benzene rings is 2. The van der Waals surface area contributed by atoms with Crippen LogP contribution in [0.4, 0.5) is 0 Å². The number of primary amides is 1. The fourth-order valence-corrected chi connectivity index (χ4v) is 2.62. The van der Waals surface area contributed by atoms with Crippen molar-refractivity contribution >= 4 is 23.8 Å². The van der Waals surface area contributed by atoms with E-state index in [4.69, 9.17) is 20.3 Å². The Morgan fingerprint density at radius 2 is 1.06 bits per heavy atom. The number of hydrogen-bond donors (Lipinski definition) is 2. The smallest absolute Gasteiger partial charge is 0.337 e. The lowest BCUT2D eigenvalue weighted by Gasteiger charge is -2.06. The number of carbonyl (C=O) groups is 4. The average Bonchev–Trinajstić information content (AvgIpc) is 2.78. The predicted molar refractivity (Wildman–Crippen MR) is 112 cm³/mol. The molecule has 172 valence electrons. The van der Waals surface area contributed by atoms with Gasteiger partial charge in [0.1, 0.15) is 0 Å². The highest BCUT2D eigenvalue weighted by atomic mass is 16.5. The van der Waals surface area contributed by atoms with E-state index in [2.05, 4.69) is 9.47 Å². The largest absolute Gasteiger partial charge is 0.478 e. The number of carboxylic acid groups (broad SMARTS) is 1. The molecule has 2 rings (SSSR count). The topological polar surface area (TPSA) is 151 Å². The van der Waals surface area contributed by atoms with Crippen LogP contribution in [0.3, 0.4) is 0 Å². The van der Waals surface area contributed by atoms with Crippen LogP contribution in [0.25, 0.3) is 0 Å². The summed E-state index contributed by atoms with van der Waals surface area (Å²) < 4.78 is 18.9. The van der Waals surface area contributed by atoms with E-state index in [9.17, 15) is 19.2 Å². The second kappa shape index (κ2) is 12.8. The van der Waals surface area contributed by atoms with Crippen molar-refractivity contribution < 1.29 is 43.2 Å². The van der Waals surface area contributed by atoms with Crippen LogP contribution in [0, 0.1) is 0 Å². The van der Waals surface area contributed by atoms with E-state index in [-0.39, 0.29) is 28.9 Å². The van der Waals surface area contributed by atoms with E-state index >= 15 is 0 Å². The molecule has 0 heterocycles. The molecule has 0 aliphatic carbocycles. The van der Waals surface area contributed by atoms with Gasteiger partial charge in [0.05, 0.1) is 44.1 Å². The molecule has 32 heavy (non-hydrogen) atoms. The number of nitrogens with two attached hydrogens (primary N) is 1. The lowest BCUT2D eigenvalue weighted by atomic mass is 10.1. The molecule has 0 aliphatic rings. The monoisotopic (exact) mass is 447 g/mol. The van der Waals surface area contributed by atoms with Crippen molar-refractivity contribution in [1.82, 2.24) is 0 Å². The van der Waals surface area contributed by atoms with Crippen molar-refractivity contribution in [1.29, 1.82) is 0 Å². The molecule has 2 aromatic rings. The quantitative estimate of drug-likeness (QED) is 0.579. The second-order valence-electron chi connectivity index (χ2n) is 6.36. The Kier molecular flexibility index (Phi) is 10.5. The summed E-state index contributed by atoms with van der Waals surface area (Å²) in [5.74, 6) is -2.77. The van der Waals surface area contributed by atoms with Crippen LogP contribution in [0.5, 0.6) is 0 Å². The normalized spacial score (nSPS) is 9.88. The van der Waals surface area contributed by atoms with E-state index in [1.54, 1.807) is 18.2 Å². The zero-order valence-corrected chi connectivity index (χ0v) is 18.2. The number of hydrogen-bond acceptors (Lipinski definition) is 8. The van der Waals surface area contributed by atoms with Gasteiger partial charge in [0.25, 0.3) is 0 Å². The fourth-order valence-electron chi connectivity index (χ4n) is 2.62. The number of aromatic carboxylic acids is 1. The highest BCUT2D eigenvalue weighted by Crippen LogP contribution is 2.13. The molecule has 0 bridgehead atoms. The minimum atomic E-state index is -1.09. The number of carboxylic acids is 1. The molecule has 0 aromatic heterocycles. The Labute approximate surface area is 184 Å². The molecular formula is C22H25NO9. The average molecular weight is 447 g/mol. The highest BCUT2D eigenvalue weighted by molar-refractivity contribution is 5.97. The molecule has 0 aliphatic heterocycles. The lowest BCUT2D eigenvalue weighted by Crippen LogP contribution is -2.13. The van der Waals surface area contributed by atoms with E-state index in [0.29, 0.717) is 17.7 Å². The van der Waals surface area contributed by atoms with Gasteiger partial charge in [0, 0.05) is 19.8 Å². The fraction of sp³-hybridized carbons (Fsp3) is 0.273. The van der Waals surface area contributed by atoms with Crippen LogP contribution < -0.4 is 5.73 Å². The molecule has 0 spiro atoms. The molecule has 0 atom stereocenters. The van der Waals surface area contributed by atoms with Gasteiger partial charge in [-0.05, 0) is 47.5 Å². The van der Waals surface area contributed by atoms with E-state index in [1.165, 1.54) is 46.6 Å². The van der Waals surface area contributed by atoms with Crippen LogP contribution in [0.15, 0.2) is 36.4 Å². The molecule has 0 saturated heterocycles. The summed E-state index contributed by atoms with van der Waals surface area (Å²) >= 11 is 0. The zero-order chi connectivity index (χ0) is 24.3. The highest BCUT2D eigenvalue weighted by Gasteiger charge is 2.13. The molecule has 10 heteroatoms. The number of methoxy groups -OCH3 is 4. The Morgan fingerprint density at radius 1 is 0.688 bits per heavy atom. The Bertz CT molecular complexity index is 906. The molecule has 1 amide bonds. The molecule has 0 unspecified atom stereocenters. The summed E-state index contributed by atoms with van der Waals surface area (Å²) in [7, 11) is 5.53. The van der Waals surface area contributed by atoms with Crippen molar-refractivity contribution in [3.8, 4) is 0 Å². The summed E-state index contributed by atoms with van der Waals surface area (Å²) in [6, 6.07) is 8.85. The second-order valence-corrected chi connectivity index (χ2v) is 6.36. The molecule has 10 nitrogen and oxygen atoms in total. The Hall–Kier alpha value is -3.76. The number of carbonyl (C=O) groups excluding carboxylic acids is 3. The van der Waals surface area contributed by atoms with Gasteiger partial charge in [-0.15, -0.1) is 0 Å². The van der Waals surface area contributed by atoms with Crippen LogP contribution in [-0.4, -0.2) is 57.4 Å². The first-order valence-corrected chi connectivity index (χ1v) is 9.12. The van der Waals surface area contributed by atoms with E-state index in [1.807, 2.05) is 0 Å². The van der Waals surface area contributed by atoms with Gasteiger partial charge in [-0.1, -0.05) is 0 Å². The Balaban J connectivity index is 0.000000320.